The first-order valence-corrected chi connectivity index (χ1v) is 9.54. The Balaban J connectivity index is 1.78. The van der Waals surface area contributed by atoms with Crippen molar-refractivity contribution in [3.63, 3.8) is 0 Å². The van der Waals surface area contributed by atoms with Crippen molar-refractivity contribution in [2.75, 3.05) is 31.1 Å². The first-order chi connectivity index (χ1) is 12.6. The monoisotopic (exact) mass is 359 g/mol. The quantitative estimate of drug-likeness (QED) is 0.770. The average Bonchev–Trinajstić information content (AvgIpc) is 3.06. The van der Waals surface area contributed by atoms with Gasteiger partial charge in [-0.15, -0.1) is 0 Å². The summed E-state index contributed by atoms with van der Waals surface area (Å²) in [6.45, 7) is 4.60. The zero-order valence-electron chi connectivity index (χ0n) is 15.2. The van der Waals surface area contributed by atoms with E-state index < -0.39 is 6.09 Å². The molecule has 1 unspecified atom stereocenters. The molecule has 0 spiro atoms. The van der Waals surface area contributed by atoms with Gasteiger partial charge in [0.15, 0.2) is 0 Å². The van der Waals surface area contributed by atoms with Crippen molar-refractivity contribution in [2.45, 2.75) is 51.5 Å². The summed E-state index contributed by atoms with van der Waals surface area (Å²) < 4.78 is 6.71. The van der Waals surface area contributed by atoms with Crippen molar-refractivity contribution in [2.24, 2.45) is 5.10 Å². The van der Waals surface area contributed by atoms with Gasteiger partial charge >= 0.3 is 6.09 Å². The number of cyclic esters (lactones) is 1. The summed E-state index contributed by atoms with van der Waals surface area (Å²) in [4.78, 5) is 31.9. The maximum Gasteiger partial charge on any atom is 0.430 e. The summed E-state index contributed by atoms with van der Waals surface area (Å²) in [6, 6.07) is 0.137. The zero-order chi connectivity index (χ0) is 18.1. The summed E-state index contributed by atoms with van der Waals surface area (Å²) in [5.41, 5.74) is 0.420. The lowest BCUT2D eigenvalue weighted by Gasteiger charge is -2.31. The first kappa shape index (κ1) is 17.1. The molecule has 8 heteroatoms. The topological polar surface area (TPSA) is 80.0 Å². The van der Waals surface area contributed by atoms with E-state index in [1.807, 2.05) is 0 Å². The van der Waals surface area contributed by atoms with Gasteiger partial charge in [0.25, 0.3) is 5.56 Å². The number of piperidine rings is 1. The Bertz CT molecular complexity index is 782. The van der Waals surface area contributed by atoms with Crippen molar-refractivity contribution in [3.8, 4) is 0 Å². The van der Waals surface area contributed by atoms with Crippen LogP contribution in [-0.4, -0.2) is 53.1 Å². The Kier molecular flexibility index (Phi) is 4.65. The molecule has 1 amide bonds. The van der Waals surface area contributed by atoms with Gasteiger partial charge < -0.3 is 9.64 Å². The Morgan fingerprint density at radius 1 is 1.15 bits per heavy atom. The molecule has 4 heterocycles. The SMILES string of the molecule is CC1CCCc2nc(N3CCCCC3)c(C=NN3CCOC3=O)c(=O)n21. The second kappa shape index (κ2) is 7.09. The summed E-state index contributed by atoms with van der Waals surface area (Å²) in [7, 11) is 0. The molecule has 8 nitrogen and oxygen atoms in total. The van der Waals surface area contributed by atoms with Crippen molar-refractivity contribution < 1.29 is 9.53 Å². The highest BCUT2D eigenvalue weighted by molar-refractivity contribution is 5.87. The predicted octanol–water partition coefficient (Wildman–Crippen LogP) is 1.92. The Hall–Kier alpha value is -2.38. The minimum Gasteiger partial charge on any atom is -0.446 e. The zero-order valence-corrected chi connectivity index (χ0v) is 15.2. The van der Waals surface area contributed by atoms with Gasteiger partial charge in [0.2, 0.25) is 0 Å². The van der Waals surface area contributed by atoms with E-state index in [9.17, 15) is 9.59 Å². The fraction of sp³-hybridized carbons (Fsp3) is 0.667. The molecule has 0 radical (unpaired) electrons. The maximum absolute atomic E-state index is 13.2. The second-order valence-corrected chi connectivity index (χ2v) is 7.21. The lowest BCUT2D eigenvalue weighted by atomic mass is 10.0. The van der Waals surface area contributed by atoms with Gasteiger partial charge in [-0.1, -0.05) is 0 Å². The number of amides is 1. The molecule has 140 valence electrons. The van der Waals surface area contributed by atoms with Crippen LogP contribution in [-0.2, 0) is 11.2 Å². The molecule has 2 saturated heterocycles. The van der Waals surface area contributed by atoms with Crippen LogP contribution in [0.5, 0.6) is 0 Å². The smallest absolute Gasteiger partial charge is 0.430 e. The van der Waals surface area contributed by atoms with E-state index >= 15 is 0 Å². The van der Waals surface area contributed by atoms with Gasteiger partial charge in [-0.25, -0.2) is 9.78 Å². The normalized spacial score (nSPS) is 23.4. The van der Waals surface area contributed by atoms with E-state index in [1.165, 1.54) is 17.6 Å². The van der Waals surface area contributed by atoms with Gasteiger partial charge in [-0.2, -0.15) is 10.1 Å². The van der Waals surface area contributed by atoms with Crippen molar-refractivity contribution in [1.82, 2.24) is 14.6 Å². The van der Waals surface area contributed by atoms with Crippen LogP contribution in [0.2, 0.25) is 0 Å². The number of hydrogen-bond donors (Lipinski definition) is 0. The van der Waals surface area contributed by atoms with Crippen LogP contribution in [0.3, 0.4) is 0 Å². The Labute approximate surface area is 152 Å². The molecule has 0 aromatic carbocycles. The van der Waals surface area contributed by atoms with Crippen LogP contribution in [0.15, 0.2) is 9.90 Å². The molecule has 3 aliphatic heterocycles. The van der Waals surface area contributed by atoms with Crippen LogP contribution < -0.4 is 10.5 Å². The van der Waals surface area contributed by atoms with Gasteiger partial charge in [0.05, 0.1) is 12.8 Å². The number of hydrazone groups is 1. The molecule has 0 aliphatic carbocycles. The number of carbonyl (C=O) groups excluding carboxylic acids is 1. The number of anilines is 1. The number of hydrogen-bond acceptors (Lipinski definition) is 6. The number of carbonyl (C=O) groups is 1. The van der Waals surface area contributed by atoms with Gasteiger partial charge in [0, 0.05) is 25.6 Å². The van der Waals surface area contributed by atoms with E-state index in [1.54, 1.807) is 4.57 Å². The van der Waals surface area contributed by atoms with Crippen LogP contribution >= 0.6 is 0 Å². The average molecular weight is 359 g/mol. The molecule has 0 N–H and O–H groups in total. The molecule has 0 bridgehead atoms. The summed E-state index contributed by atoms with van der Waals surface area (Å²) >= 11 is 0. The second-order valence-electron chi connectivity index (χ2n) is 7.21. The number of fused-ring (bicyclic) bond motifs is 1. The number of aryl methyl sites for hydroxylation is 1. The summed E-state index contributed by atoms with van der Waals surface area (Å²) in [6.07, 6.45) is 7.31. The van der Waals surface area contributed by atoms with Crippen molar-refractivity contribution in [3.05, 3.63) is 21.7 Å². The van der Waals surface area contributed by atoms with E-state index in [0.29, 0.717) is 24.5 Å². The number of aromatic nitrogens is 2. The van der Waals surface area contributed by atoms with E-state index in [4.69, 9.17) is 9.72 Å². The largest absolute Gasteiger partial charge is 0.446 e. The molecule has 2 fully saturated rings. The third kappa shape index (κ3) is 3.08. The van der Waals surface area contributed by atoms with Gasteiger partial charge in [0.1, 0.15) is 23.8 Å². The summed E-state index contributed by atoms with van der Waals surface area (Å²) in [5, 5.41) is 5.48. The molecule has 1 atom stereocenters. The molecule has 26 heavy (non-hydrogen) atoms. The standard InChI is InChI=1S/C18H25N5O3/c1-13-6-5-7-15-20-16(21-8-3-2-4-9-21)14(17(24)23(13)15)12-19-22-10-11-26-18(22)25/h12-13H,2-11H2,1H3. The lowest BCUT2D eigenvalue weighted by Crippen LogP contribution is -2.39. The fourth-order valence-corrected chi connectivity index (χ4v) is 3.97. The molecular formula is C18H25N5O3. The molecule has 1 aromatic heterocycles. The van der Waals surface area contributed by atoms with E-state index in [-0.39, 0.29) is 11.6 Å². The van der Waals surface area contributed by atoms with Crippen LogP contribution in [0.1, 0.15) is 56.5 Å². The minimum atomic E-state index is -0.472. The number of ether oxygens (including phenoxy) is 1. The van der Waals surface area contributed by atoms with E-state index in [0.717, 1.165) is 51.0 Å². The van der Waals surface area contributed by atoms with Crippen LogP contribution in [0.4, 0.5) is 10.6 Å². The summed E-state index contributed by atoms with van der Waals surface area (Å²) in [5.74, 6) is 1.58. The fourth-order valence-electron chi connectivity index (χ4n) is 3.97. The highest BCUT2D eigenvalue weighted by Crippen LogP contribution is 2.26. The van der Waals surface area contributed by atoms with Gasteiger partial charge in [-0.3, -0.25) is 9.36 Å². The van der Waals surface area contributed by atoms with Crippen LogP contribution in [0, 0.1) is 0 Å². The highest BCUT2D eigenvalue weighted by Gasteiger charge is 2.26. The predicted molar refractivity (Wildman–Crippen MR) is 97.9 cm³/mol. The minimum absolute atomic E-state index is 0.0564. The number of nitrogens with zero attached hydrogens (tertiary/aromatic N) is 5. The van der Waals surface area contributed by atoms with Crippen molar-refractivity contribution >= 4 is 18.1 Å². The molecule has 4 rings (SSSR count). The Morgan fingerprint density at radius 3 is 2.69 bits per heavy atom. The maximum atomic E-state index is 13.2. The number of rotatable bonds is 3. The third-order valence-corrected chi connectivity index (χ3v) is 5.39. The molecule has 0 saturated carbocycles. The van der Waals surface area contributed by atoms with Crippen molar-refractivity contribution in [1.29, 1.82) is 0 Å². The van der Waals surface area contributed by atoms with Gasteiger partial charge in [-0.05, 0) is 39.0 Å². The van der Waals surface area contributed by atoms with E-state index in [2.05, 4.69) is 16.9 Å². The first-order valence-electron chi connectivity index (χ1n) is 9.54. The molecular weight excluding hydrogens is 334 g/mol. The highest BCUT2D eigenvalue weighted by atomic mass is 16.6. The Morgan fingerprint density at radius 2 is 1.96 bits per heavy atom. The molecule has 3 aliphatic rings. The third-order valence-electron chi connectivity index (χ3n) is 5.39. The lowest BCUT2D eigenvalue weighted by molar-refractivity contribution is 0.159. The van der Waals surface area contributed by atoms with Crippen LogP contribution in [0.25, 0.3) is 0 Å². The molecule has 1 aromatic rings.